The number of hydrogen-bond donors (Lipinski definition) is 4. The van der Waals surface area contributed by atoms with Crippen LogP contribution in [0.5, 0.6) is 0 Å². The van der Waals surface area contributed by atoms with E-state index in [0.29, 0.717) is 11.1 Å². The van der Waals surface area contributed by atoms with E-state index in [-0.39, 0.29) is 16.9 Å². The summed E-state index contributed by atoms with van der Waals surface area (Å²) in [7, 11) is 0. The molecule has 146 valence electrons. The van der Waals surface area contributed by atoms with Crippen molar-refractivity contribution in [3.63, 3.8) is 0 Å². The first-order chi connectivity index (χ1) is 13.9. The highest BCUT2D eigenvalue weighted by atomic mass is 16.8. The molecule has 0 aliphatic carbocycles. The van der Waals surface area contributed by atoms with Gasteiger partial charge in [-0.1, -0.05) is 60.7 Å². The molecule has 0 aromatic heterocycles. The Morgan fingerprint density at radius 1 is 1.00 bits per heavy atom. The van der Waals surface area contributed by atoms with Gasteiger partial charge in [-0.3, -0.25) is 9.59 Å². The van der Waals surface area contributed by atoms with Crippen molar-refractivity contribution in [3.8, 4) is 0 Å². The Hall–Kier alpha value is -3.36. The first kappa shape index (κ1) is 19.0. The van der Waals surface area contributed by atoms with E-state index in [1.165, 1.54) is 18.2 Å². The average molecular weight is 390 g/mol. The van der Waals surface area contributed by atoms with Crippen LogP contribution in [0.2, 0.25) is 0 Å². The highest BCUT2D eigenvalue weighted by Gasteiger charge is 2.55. The first-order valence-corrected chi connectivity index (χ1v) is 8.99. The standard InChI is InChI=1S/C22H18N2O5/c25-20(15-9-5-2-6-10-15)19(14-7-3-1-4-8-14)22(27)17-13-16(24(28)29)11-12-18(17)23-21(22)26/h1-13,19,24,27-28H,(H,23,26). The van der Waals surface area contributed by atoms with E-state index in [9.17, 15) is 25.1 Å². The van der Waals surface area contributed by atoms with Crippen molar-refractivity contribution in [2.75, 3.05) is 5.32 Å². The topological polar surface area (TPSA) is 114 Å². The summed E-state index contributed by atoms with van der Waals surface area (Å²) in [6, 6.07) is 20.9. The molecule has 7 heteroatoms. The van der Waals surface area contributed by atoms with Gasteiger partial charge in [-0.25, -0.2) is 5.21 Å². The number of benzene rings is 3. The van der Waals surface area contributed by atoms with E-state index in [1.54, 1.807) is 60.7 Å². The molecule has 7 nitrogen and oxygen atoms in total. The Kier molecular flexibility index (Phi) is 4.73. The van der Waals surface area contributed by atoms with Crippen molar-refractivity contribution in [3.05, 3.63) is 101 Å². The van der Waals surface area contributed by atoms with E-state index < -0.39 is 28.4 Å². The minimum absolute atomic E-state index is 0.0699. The molecule has 3 unspecified atom stereocenters. The molecular weight excluding hydrogens is 372 g/mol. The Morgan fingerprint density at radius 2 is 1.62 bits per heavy atom. The van der Waals surface area contributed by atoms with Crippen LogP contribution in [0.1, 0.15) is 27.4 Å². The van der Waals surface area contributed by atoms with Gasteiger partial charge in [0, 0.05) is 28.9 Å². The van der Waals surface area contributed by atoms with E-state index in [4.69, 9.17) is 0 Å². The van der Waals surface area contributed by atoms with Gasteiger partial charge in [0.1, 0.15) is 0 Å². The zero-order valence-electron chi connectivity index (χ0n) is 15.2. The Morgan fingerprint density at radius 3 is 2.24 bits per heavy atom. The maximum absolute atomic E-state index is 13.5. The molecule has 1 aliphatic rings. The van der Waals surface area contributed by atoms with Crippen LogP contribution in [-0.2, 0) is 10.4 Å². The summed E-state index contributed by atoms with van der Waals surface area (Å²) in [4.78, 5) is 26.4. The van der Waals surface area contributed by atoms with Crippen molar-refractivity contribution in [1.82, 2.24) is 0 Å². The number of hydrogen-bond acceptors (Lipinski definition) is 5. The molecule has 4 rings (SSSR count). The van der Waals surface area contributed by atoms with E-state index in [0.717, 1.165) is 0 Å². The van der Waals surface area contributed by atoms with Gasteiger partial charge in [-0.15, -0.1) is 0 Å². The van der Waals surface area contributed by atoms with E-state index in [1.807, 2.05) is 0 Å². The molecule has 0 saturated carbocycles. The van der Waals surface area contributed by atoms with Gasteiger partial charge in [0.05, 0.1) is 5.92 Å². The molecule has 3 atom stereocenters. The van der Waals surface area contributed by atoms with E-state index >= 15 is 0 Å². The summed E-state index contributed by atoms with van der Waals surface area (Å²) in [5.74, 6) is -2.47. The van der Waals surface area contributed by atoms with Gasteiger partial charge in [0.15, 0.2) is 17.1 Å². The molecule has 1 aliphatic heterocycles. The fraction of sp³-hybridized carbons (Fsp3) is 0.0909. The number of ketones is 1. The van der Waals surface area contributed by atoms with Crippen LogP contribution in [0, 0.1) is 5.21 Å². The molecule has 29 heavy (non-hydrogen) atoms. The lowest BCUT2D eigenvalue weighted by Crippen LogP contribution is -2.99. The van der Waals surface area contributed by atoms with Crippen molar-refractivity contribution in [1.29, 1.82) is 0 Å². The number of quaternary nitrogens is 1. The summed E-state index contributed by atoms with van der Waals surface area (Å²) >= 11 is 0. The molecule has 0 radical (unpaired) electrons. The summed E-state index contributed by atoms with van der Waals surface area (Å²) < 4.78 is 0. The molecule has 1 amide bonds. The number of anilines is 1. The molecule has 0 spiro atoms. The fourth-order valence-electron chi connectivity index (χ4n) is 3.73. The highest BCUT2D eigenvalue weighted by molar-refractivity contribution is 6.12. The third-order valence-electron chi connectivity index (χ3n) is 5.14. The number of carbonyl (C=O) groups is 2. The molecule has 1 heterocycles. The quantitative estimate of drug-likeness (QED) is 0.392. The van der Waals surface area contributed by atoms with Crippen molar-refractivity contribution in [2.45, 2.75) is 11.5 Å². The van der Waals surface area contributed by atoms with Gasteiger partial charge >= 0.3 is 0 Å². The van der Waals surface area contributed by atoms with Crippen LogP contribution in [0.3, 0.4) is 0 Å². The second kappa shape index (κ2) is 7.23. The fourth-order valence-corrected chi connectivity index (χ4v) is 3.73. The lowest BCUT2D eigenvalue weighted by molar-refractivity contribution is -0.991. The van der Waals surface area contributed by atoms with Crippen molar-refractivity contribution in [2.24, 2.45) is 0 Å². The summed E-state index contributed by atoms with van der Waals surface area (Å²) in [5, 5.41) is 33.8. The zero-order valence-corrected chi connectivity index (χ0v) is 15.2. The number of rotatable bonds is 5. The van der Waals surface area contributed by atoms with Gasteiger partial charge in [-0.2, -0.15) is 5.23 Å². The second-order valence-electron chi connectivity index (χ2n) is 6.86. The summed E-state index contributed by atoms with van der Waals surface area (Å²) in [5.41, 5.74) is -1.20. The Labute approximate surface area is 166 Å². The Bertz CT molecular complexity index is 1070. The third kappa shape index (κ3) is 3.12. The molecule has 3 aromatic rings. The first-order valence-electron chi connectivity index (χ1n) is 8.99. The third-order valence-corrected chi connectivity index (χ3v) is 5.14. The maximum atomic E-state index is 13.5. The minimum atomic E-state index is -2.25. The number of fused-ring (bicyclic) bond motifs is 1. The SMILES string of the molecule is O=C(c1ccccc1)C(c1ccccc1)C1(O)C(=O)Nc2ccc([NH+]([O-])O)cc21. The minimum Gasteiger partial charge on any atom is -0.595 e. The average Bonchev–Trinajstić information content (AvgIpc) is 2.99. The number of Topliss-reactive ketones (excluding diaryl/α,β-unsaturated/α-hetero) is 1. The van der Waals surface area contributed by atoms with Crippen molar-refractivity contribution >= 4 is 23.1 Å². The Balaban J connectivity index is 1.93. The largest absolute Gasteiger partial charge is 0.595 e. The lowest BCUT2D eigenvalue weighted by Gasteiger charge is -2.31. The van der Waals surface area contributed by atoms with Crippen molar-refractivity contribution < 1.29 is 25.1 Å². The van der Waals surface area contributed by atoms with Gasteiger partial charge < -0.3 is 15.6 Å². The van der Waals surface area contributed by atoms with Crippen LogP contribution in [0.25, 0.3) is 0 Å². The lowest BCUT2D eigenvalue weighted by atomic mass is 9.74. The molecule has 0 saturated heterocycles. The second-order valence-corrected chi connectivity index (χ2v) is 6.86. The summed E-state index contributed by atoms with van der Waals surface area (Å²) in [6.45, 7) is 0. The van der Waals surface area contributed by atoms with E-state index in [2.05, 4.69) is 5.32 Å². The van der Waals surface area contributed by atoms with Crippen LogP contribution < -0.4 is 10.5 Å². The maximum Gasteiger partial charge on any atom is 0.262 e. The predicted molar refractivity (Wildman–Crippen MR) is 105 cm³/mol. The monoisotopic (exact) mass is 390 g/mol. The highest BCUT2D eigenvalue weighted by Crippen LogP contribution is 2.47. The smallest absolute Gasteiger partial charge is 0.262 e. The summed E-state index contributed by atoms with van der Waals surface area (Å²) in [6.07, 6.45) is 0. The van der Waals surface area contributed by atoms with Gasteiger partial charge in [-0.05, 0) is 11.6 Å². The molecule has 3 aromatic carbocycles. The normalized spacial score (nSPS) is 19.9. The number of amides is 1. The zero-order chi connectivity index (χ0) is 20.6. The van der Waals surface area contributed by atoms with Gasteiger partial charge in [0.25, 0.3) is 5.91 Å². The van der Waals surface area contributed by atoms with Gasteiger partial charge in [0.2, 0.25) is 0 Å². The number of carbonyl (C=O) groups excluding carboxylic acids is 2. The van der Waals surface area contributed by atoms with Crippen LogP contribution in [0.15, 0.2) is 78.9 Å². The predicted octanol–water partition coefficient (Wildman–Crippen LogP) is 1.90. The van der Waals surface area contributed by atoms with Crippen LogP contribution >= 0.6 is 0 Å². The van der Waals surface area contributed by atoms with Crippen LogP contribution in [-0.4, -0.2) is 22.0 Å². The van der Waals surface area contributed by atoms with Crippen LogP contribution in [0.4, 0.5) is 11.4 Å². The molecular formula is C22H18N2O5. The molecule has 4 N–H and O–H groups in total. The number of nitrogens with one attached hydrogen (secondary N) is 2. The molecule has 0 fully saturated rings. The molecule has 0 bridgehead atoms. The number of aliphatic hydroxyl groups is 1.